The van der Waals surface area contributed by atoms with Crippen molar-refractivity contribution in [2.45, 2.75) is 31.6 Å². The number of halogens is 1. The lowest BCUT2D eigenvalue weighted by Gasteiger charge is -2.13. The fourth-order valence-electron chi connectivity index (χ4n) is 1.98. The van der Waals surface area contributed by atoms with Crippen molar-refractivity contribution in [1.82, 2.24) is 0 Å². The molecule has 1 aromatic carbocycles. The van der Waals surface area contributed by atoms with Crippen LogP contribution in [0, 0.1) is 11.7 Å². The highest BCUT2D eigenvalue weighted by molar-refractivity contribution is 5.76. The summed E-state index contributed by atoms with van der Waals surface area (Å²) in [4.78, 5) is 11.1. The van der Waals surface area contributed by atoms with Gasteiger partial charge in [0.25, 0.3) is 0 Å². The maximum Gasteiger partial charge on any atom is 0.311 e. The average Bonchev–Trinajstić information content (AvgIpc) is 3.04. The third-order valence-electron chi connectivity index (χ3n) is 3.14. The quantitative estimate of drug-likeness (QED) is 0.830. The Bertz CT molecular complexity index is 385. The third kappa shape index (κ3) is 2.60. The Hall–Kier alpha value is -1.38. The number of aliphatic carboxylic acids is 1. The van der Waals surface area contributed by atoms with E-state index in [-0.39, 0.29) is 0 Å². The van der Waals surface area contributed by atoms with Crippen molar-refractivity contribution in [3.63, 3.8) is 0 Å². The molecule has 0 aliphatic heterocycles. The van der Waals surface area contributed by atoms with Crippen molar-refractivity contribution in [3.8, 4) is 0 Å². The van der Waals surface area contributed by atoms with E-state index in [0.29, 0.717) is 17.9 Å². The van der Waals surface area contributed by atoms with Crippen LogP contribution in [-0.2, 0) is 4.79 Å². The van der Waals surface area contributed by atoms with Gasteiger partial charge in [-0.25, -0.2) is 4.39 Å². The van der Waals surface area contributed by atoms with Gasteiger partial charge in [0.15, 0.2) is 0 Å². The number of carboxylic acid groups (broad SMARTS) is 1. The normalized spacial score (nSPS) is 17.1. The van der Waals surface area contributed by atoms with Gasteiger partial charge in [-0.05, 0) is 24.8 Å². The van der Waals surface area contributed by atoms with Crippen molar-refractivity contribution in [1.29, 1.82) is 0 Å². The number of hydrogen-bond acceptors (Lipinski definition) is 1. The van der Waals surface area contributed by atoms with Crippen LogP contribution in [0.5, 0.6) is 0 Å². The molecule has 3 heteroatoms. The first-order chi connectivity index (χ1) is 7.68. The summed E-state index contributed by atoms with van der Waals surface area (Å²) in [5.41, 5.74) is 0.315. The molecule has 1 aliphatic rings. The zero-order chi connectivity index (χ0) is 11.5. The molecule has 86 valence electrons. The van der Waals surface area contributed by atoms with Crippen LogP contribution < -0.4 is 0 Å². The summed E-state index contributed by atoms with van der Waals surface area (Å²) in [5, 5.41) is 9.12. The van der Waals surface area contributed by atoms with Gasteiger partial charge in [0, 0.05) is 5.56 Å². The standard InChI is InChI=1S/C13H15FO2/c14-12-4-2-1-3-10(12)11(13(15)16)8-7-9-5-6-9/h1-4,9,11H,5-8H2,(H,15,16). The van der Waals surface area contributed by atoms with Gasteiger partial charge >= 0.3 is 5.97 Å². The van der Waals surface area contributed by atoms with Crippen LogP contribution in [0.3, 0.4) is 0 Å². The molecule has 0 saturated heterocycles. The van der Waals surface area contributed by atoms with Gasteiger partial charge in [-0.2, -0.15) is 0 Å². The van der Waals surface area contributed by atoms with Crippen LogP contribution in [0.1, 0.15) is 37.2 Å². The van der Waals surface area contributed by atoms with Crippen molar-refractivity contribution in [2.24, 2.45) is 5.92 Å². The molecule has 1 N–H and O–H groups in total. The lowest BCUT2D eigenvalue weighted by Crippen LogP contribution is -2.13. The highest BCUT2D eigenvalue weighted by Crippen LogP contribution is 2.36. The van der Waals surface area contributed by atoms with Crippen molar-refractivity contribution >= 4 is 5.97 Å². The minimum atomic E-state index is -0.925. The third-order valence-corrected chi connectivity index (χ3v) is 3.14. The van der Waals surface area contributed by atoms with Crippen molar-refractivity contribution < 1.29 is 14.3 Å². The van der Waals surface area contributed by atoms with Crippen molar-refractivity contribution in [3.05, 3.63) is 35.6 Å². The lowest BCUT2D eigenvalue weighted by atomic mass is 9.93. The molecule has 16 heavy (non-hydrogen) atoms. The predicted molar refractivity (Wildman–Crippen MR) is 58.7 cm³/mol. The first kappa shape index (κ1) is 11.1. The molecule has 1 fully saturated rings. The zero-order valence-electron chi connectivity index (χ0n) is 9.03. The first-order valence-electron chi connectivity index (χ1n) is 5.65. The van der Waals surface area contributed by atoms with Gasteiger partial charge in [0.1, 0.15) is 5.82 Å². The molecule has 0 amide bonds. The van der Waals surface area contributed by atoms with Gasteiger partial charge in [-0.3, -0.25) is 4.79 Å². The molecule has 1 aromatic rings. The van der Waals surface area contributed by atoms with E-state index in [2.05, 4.69) is 0 Å². The van der Waals surface area contributed by atoms with Gasteiger partial charge in [0.05, 0.1) is 5.92 Å². The second-order valence-corrected chi connectivity index (χ2v) is 4.43. The van der Waals surface area contributed by atoms with Gasteiger partial charge < -0.3 is 5.11 Å². The minimum Gasteiger partial charge on any atom is -0.481 e. The Morgan fingerprint density at radius 3 is 2.69 bits per heavy atom. The molecule has 1 aliphatic carbocycles. The smallest absolute Gasteiger partial charge is 0.311 e. The van der Waals surface area contributed by atoms with E-state index in [1.54, 1.807) is 18.2 Å². The lowest BCUT2D eigenvalue weighted by molar-refractivity contribution is -0.139. The van der Waals surface area contributed by atoms with Crippen LogP contribution >= 0.6 is 0 Å². The van der Waals surface area contributed by atoms with Crippen LogP contribution in [0.25, 0.3) is 0 Å². The molecule has 1 atom stereocenters. The summed E-state index contributed by atoms with van der Waals surface area (Å²) >= 11 is 0. The fourth-order valence-corrected chi connectivity index (χ4v) is 1.98. The van der Waals surface area contributed by atoms with Crippen LogP contribution in [0.2, 0.25) is 0 Å². The maximum absolute atomic E-state index is 13.5. The van der Waals surface area contributed by atoms with Crippen LogP contribution in [0.4, 0.5) is 4.39 Å². The number of carboxylic acids is 1. The van der Waals surface area contributed by atoms with E-state index in [1.165, 1.54) is 18.9 Å². The summed E-state index contributed by atoms with van der Waals surface area (Å²) in [7, 11) is 0. The average molecular weight is 222 g/mol. The van der Waals surface area contributed by atoms with Crippen molar-refractivity contribution in [2.75, 3.05) is 0 Å². The molecule has 0 aromatic heterocycles. The summed E-state index contributed by atoms with van der Waals surface area (Å²) in [5.74, 6) is -1.35. The molecule has 0 radical (unpaired) electrons. The molecule has 0 heterocycles. The Balaban J connectivity index is 2.11. The molecule has 2 rings (SSSR count). The second-order valence-electron chi connectivity index (χ2n) is 4.43. The molecule has 2 nitrogen and oxygen atoms in total. The van der Waals surface area contributed by atoms with Crippen LogP contribution in [-0.4, -0.2) is 11.1 Å². The molecule has 1 unspecified atom stereocenters. The summed E-state index contributed by atoms with van der Waals surface area (Å²) in [6.45, 7) is 0. The van der Waals surface area contributed by atoms with Gasteiger partial charge in [-0.1, -0.05) is 31.0 Å². The Morgan fingerprint density at radius 2 is 2.12 bits per heavy atom. The number of carbonyl (C=O) groups is 1. The molecule has 1 saturated carbocycles. The monoisotopic (exact) mass is 222 g/mol. The molecular weight excluding hydrogens is 207 g/mol. The molecular formula is C13H15FO2. The molecule has 0 bridgehead atoms. The summed E-state index contributed by atoms with van der Waals surface area (Å²) in [6, 6.07) is 6.16. The van der Waals surface area contributed by atoms with E-state index in [0.717, 1.165) is 6.42 Å². The first-order valence-corrected chi connectivity index (χ1v) is 5.65. The van der Waals surface area contributed by atoms with E-state index in [4.69, 9.17) is 5.11 Å². The Kier molecular flexibility index (Phi) is 3.22. The van der Waals surface area contributed by atoms with Crippen LogP contribution in [0.15, 0.2) is 24.3 Å². The Morgan fingerprint density at radius 1 is 1.44 bits per heavy atom. The summed E-state index contributed by atoms with van der Waals surface area (Å²) in [6.07, 6.45) is 3.83. The van der Waals surface area contributed by atoms with E-state index >= 15 is 0 Å². The van der Waals surface area contributed by atoms with E-state index < -0.39 is 17.7 Å². The number of hydrogen-bond donors (Lipinski definition) is 1. The Labute approximate surface area is 94.1 Å². The largest absolute Gasteiger partial charge is 0.481 e. The minimum absolute atomic E-state index is 0.315. The topological polar surface area (TPSA) is 37.3 Å². The van der Waals surface area contributed by atoms with Gasteiger partial charge in [0.2, 0.25) is 0 Å². The summed E-state index contributed by atoms with van der Waals surface area (Å²) < 4.78 is 13.5. The number of benzene rings is 1. The highest BCUT2D eigenvalue weighted by Gasteiger charge is 2.27. The fraction of sp³-hybridized carbons (Fsp3) is 0.462. The highest BCUT2D eigenvalue weighted by atomic mass is 19.1. The van der Waals surface area contributed by atoms with E-state index in [9.17, 15) is 9.18 Å². The number of rotatable bonds is 5. The SMILES string of the molecule is O=C(O)C(CCC1CC1)c1ccccc1F. The molecule has 0 spiro atoms. The van der Waals surface area contributed by atoms with E-state index in [1.807, 2.05) is 0 Å². The zero-order valence-corrected chi connectivity index (χ0v) is 9.03. The maximum atomic E-state index is 13.5. The predicted octanol–water partition coefficient (Wildman–Crippen LogP) is 3.18. The van der Waals surface area contributed by atoms with Gasteiger partial charge in [-0.15, -0.1) is 0 Å². The second kappa shape index (κ2) is 4.64.